The summed E-state index contributed by atoms with van der Waals surface area (Å²) in [5.74, 6) is 0.382. The summed E-state index contributed by atoms with van der Waals surface area (Å²) in [5, 5.41) is 16.9. The molecule has 1 amide bonds. The van der Waals surface area contributed by atoms with E-state index in [4.69, 9.17) is 16.0 Å². The fourth-order valence-corrected chi connectivity index (χ4v) is 2.27. The Morgan fingerprint density at radius 3 is 2.65 bits per heavy atom. The van der Waals surface area contributed by atoms with Gasteiger partial charge in [-0.3, -0.25) is 4.79 Å². The molecule has 23 heavy (non-hydrogen) atoms. The SMILES string of the molecule is C[C@H](CC(=O)Nc1ccc(Cl)cc1)NC[C@](C)(O)c1ccco1. The highest BCUT2D eigenvalue weighted by atomic mass is 35.5. The second-order valence-electron chi connectivity index (χ2n) is 5.79. The Kier molecular flexibility index (Phi) is 5.82. The van der Waals surface area contributed by atoms with E-state index in [1.165, 1.54) is 6.26 Å². The number of anilines is 1. The molecule has 0 aliphatic heterocycles. The molecule has 6 heteroatoms. The lowest BCUT2D eigenvalue weighted by Crippen LogP contribution is -2.40. The Morgan fingerprint density at radius 1 is 1.35 bits per heavy atom. The number of carbonyl (C=O) groups excluding carboxylic acids is 1. The average molecular weight is 337 g/mol. The highest BCUT2D eigenvalue weighted by Gasteiger charge is 2.26. The molecule has 0 aliphatic rings. The topological polar surface area (TPSA) is 74.5 Å². The Bertz CT molecular complexity index is 624. The van der Waals surface area contributed by atoms with Crippen LogP contribution >= 0.6 is 11.6 Å². The van der Waals surface area contributed by atoms with Crippen LogP contribution in [-0.4, -0.2) is 23.6 Å². The van der Waals surface area contributed by atoms with Crippen LogP contribution in [0.3, 0.4) is 0 Å². The molecule has 1 aromatic carbocycles. The molecule has 2 aromatic rings. The lowest BCUT2D eigenvalue weighted by Gasteiger charge is -2.24. The van der Waals surface area contributed by atoms with Gasteiger partial charge in [0.1, 0.15) is 11.4 Å². The molecule has 2 atom stereocenters. The summed E-state index contributed by atoms with van der Waals surface area (Å²) in [7, 11) is 0. The minimum absolute atomic E-state index is 0.0938. The maximum absolute atomic E-state index is 12.0. The predicted molar refractivity (Wildman–Crippen MR) is 90.4 cm³/mol. The summed E-state index contributed by atoms with van der Waals surface area (Å²) < 4.78 is 5.22. The van der Waals surface area contributed by atoms with Crippen LogP contribution in [0, 0.1) is 0 Å². The molecule has 1 heterocycles. The quantitative estimate of drug-likeness (QED) is 0.726. The number of furan rings is 1. The first-order valence-corrected chi connectivity index (χ1v) is 7.80. The van der Waals surface area contributed by atoms with Gasteiger partial charge in [0.05, 0.1) is 6.26 Å². The van der Waals surface area contributed by atoms with Gasteiger partial charge in [-0.1, -0.05) is 11.6 Å². The van der Waals surface area contributed by atoms with Gasteiger partial charge in [-0.15, -0.1) is 0 Å². The number of aliphatic hydroxyl groups is 1. The smallest absolute Gasteiger partial charge is 0.225 e. The van der Waals surface area contributed by atoms with Gasteiger partial charge < -0.3 is 20.2 Å². The Labute approximate surface area is 140 Å². The van der Waals surface area contributed by atoms with Crippen molar-refractivity contribution in [2.75, 3.05) is 11.9 Å². The molecule has 0 spiro atoms. The highest BCUT2D eigenvalue weighted by Crippen LogP contribution is 2.20. The summed E-state index contributed by atoms with van der Waals surface area (Å²) in [6.45, 7) is 3.84. The van der Waals surface area contributed by atoms with Gasteiger partial charge in [0.15, 0.2) is 0 Å². The Hall–Kier alpha value is -1.82. The van der Waals surface area contributed by atoms with Crippen molar-refractivity contribution >= 4 is 23.2 Å². The van der Waals surface area contributed by atoms with Crippen LogP contribution in [0.2, 0.25) is 5.02 Å². The van der Waals surface area contributed by atoms with Gasteiger partial charge in [-0.25, -0.2) is 0 Å². The maximum Gasteiger partial charge on any atom is 0.225 e. The maximum atomic E-state index is 12.0. The third kappa shape index (κ3) is 5.39. The average Bonchev–Trinajstić information content (AvgIpc) is 3.03. The number of hydrogen-bond donors (Lipinski definition) is 3. The molecule has 2 rings (SSSR count). The molecule has 0 radical (unpaired) electrons. The summed E-state index contributed by atoms with van der Waals surface area (Å²) in [6, 6.07) is 10.3. The molecule has 124 valence electrons. The van der Waals surface area contributed by atoms with Crippen LogP contribution in [0.1, 0.15) is 26.0 Å². The van der Waals surface area contributed by atoms with Gasteiger partial charge in [-0.05, 0) is 50.2 Å². The first kappa shape index (κ1) is 17.5. The molecule has 0 aliphatic carbocycles. The van der Waals surface area contributed by atoms with Gasteiger partial charge >= 0.3 is 0 Å². The summed E-state index contributed by atoms with van der Waals surface area (Å²) in [5.41, 5.74) is -0.418. The molecule has 5 nitrogen and oxygen atoms in total. The van der Waals surface area contributed by atoms with Crippen LogP contribution in [-0.2, 0) is 10.4 Å². The zero-order valence-corrected chi connectivity index (χ0v) is 13.9. The number of halogens is 1. The zero-order valence-electron chi connectivity index (χ0n) is 13.2. The number of amides is 1. The number of benzene rings is 1. The summed E-state index contributed by atoms with van der Waals surface area (Å²) in [4.78, 5) is 12.0. The standard InChI is InChI=1S/C17H21ClN2O3/c1-12(19-11-17(2,22)15-4-3-9-23-15)10-16(21)20-14-7-5-13(18)6-8-14/h3-9,12,19,22H,10-11H2,1-2H3,(H,20,21)/t12-,17+/m1/s1. The van der Waals surface area contributed by atoms with E-state index in [1.54, 1.807) is 43.3 Å². The minimum atomic E-state index is -1.12. The van der Waals surface area contributed by atoms with Crippen LogP contribution in [0.15, 0.2) is 47.1 Å². The molecule has 0 saturated heterocycles. The Balaban J connectivity index is 1.79. The molecular weight excluding hydrogens is 316 g/mol. The number of nitrogens with one attached hydrogen (secondary N) is 2. The van der Waals surface area contributed by atoms with Crippen LogP contribution in [0.4, 0.5) is 5.69 Å². The van der Waals surface area contributed by atoms with Gasteiger partial charge in [0, 0.05) is 29.7 Å². The van der Waals surface area contributed by atoms with E-state index in [0.717, 1.165) is 0 Å². The first-order valence-electron chi connectivity index (χ1n) is 7.42. The van der Waals surface area contributed by atoms with Crippen LogP contribution in [0.5, 0.6) is 0 Å². The number of hydrogen-bond acceptors (Lipinski definition) is 4. The van der Waals surface area contributed by atoms with Crippen molar-refractivity contribution in [2.45, 2.75) is 31.9 Å². The monoisotopic (exact) mass is 336 g/mol. The first-order chi connectivity index (χ1) is 10.9. The lowest BCUT2D eigenvalue weighted by molar-refractivity contribution is -0.116. The molecule has 0 bridgehead atoms. The highest BCUT2D eigenvalue weighted by molar-refractivity contribution is 6.30. The van der Waals surface area contributed by atoms with E-state index in [-0.39, 0.29) is 24.9 Å². The van der Waals surface area contributed by atoms with Crippen molar-refractivity contribution in [1.29, 1.82) is 0 Å². The third-order valence-corrected chi connectivity index (χ3v) is 3.72. The molecule has 0 fully saturated rings. The molecule has 0 unspecified atom stereocenters. The van der Waals surface area contributed by atoms with Crippen molar-refractivity contribution < 1.29 is 14.3 Å². The van der Waals surface area contributed by atoms with Crippen molar-refractivity contribution in [3.05, 3.63) is 53.4 Å². The summed E-state index contributed by atoms with van der Waals surface area (Å²) >= 11 is 5.80. The fraction of sp³-hybridized carbons (Fsp3) is 0.353. The van der Waals surface area contributed by atoms with E-state index in [1.807, 2.05) is 6.92 Å². The van der Waals surface area contributed by atoms with Gasteiger partial charge in [0.2, 0.25) is 5.91 Å². The normalized spacial score (nSPS) is 15.0. The largest absolute Gasteiger partial charge is 0.466 e. The predicted octanol–water partition coefficient (Wildman–Crippen LogP) is 3.15. The van der Waals surface area contributed by atoms with Crippen molar-refractivity contribution in [1.82, 2.24) is 5.32 Å². The lowest BCUT2D eigenvalue weighted by atomic mass is 10.0. The third-order valence-electron chi connectivity index (χ3n) is 3.47. The van der Waals surface area contributed by atoms with Gasteiger partial charge in [-0.2, -0.15) is 0 Å². The van der Waals surface area contributed by atoms with E-state index >= 15 is 0 Å². The molecule has 1 aromatic heterocycles. The van der Waals surface area contributed by atoms with Crippen LogP contribution in [0.25, 0.3) is 0 Å². The van der Waals surface area contributed by atoms with E-state index in [0.29, 0.717) is 16.5 Å². The van der Waals surface area contributed by atoms with Gasteiger partial charge in [0.25, 0.3) is 0 Å². The number of carbonyl (C=O) groups is 1. The second kappa shape index (κ2) is 7.64. The fourth-order valence-electron chi connectivity index (χ4n) is 2.14. The van der Waals surface area contributed by atoms with E-state index in [9.17, 15) is 9.90 Å². The van der Waals surface area contributed by atoms with Crippen molar-refractivity contribution in [3.63, 3.8) is 0 Å². The second-order valence-corrected chi connectivity index (χ2v) is 6.23. The summed E-state index contributed by atoms with van der Waals surface area (Å²) in [6.07, 6.45) is 1.81. The van der Waals surface area contributed by atoms with Crippen molar-refractivity contribution in [2.24, 2.45) is 0 Å². The zero-order chi connectivity index (χ0) is 16.9. The molecule has 0 saturated carbocycles. The van der Waals surface area contributed by atoms with Crippen LogP contribution < -0.4 is 10.6 Å². The van der Waals surface area contributed by atoms with Crippen molar-refractivity contribution in [3.8, 4) is 0 Å². The minimum Gasteiger partial charge on any atom is -0.466 e. The van der Waals surface area contributed by atoms with E-state index < -0.39 is 5.60 Å². The molecule has 3 N–H and O–H groups in total. The Morgan fingerprint density at radius 2 is 2.04 bits per heavy atom. The van der Waals surface area contributed by atoms with E-state index in [2.05, 4.69) is 10.6 Å². The molecular formula is C17H21ClN2O3. The number of rotatable bonds is 7.